The van der Waals surface area contributed by atoms with E-state index in [0.29, 0.717) is 11.3 Å². The van der Waals surface area contributed by atoms with Gasteiger partial charge in [0.1, 0.15) is 24.0 Å². The Balaban J connectivity index is 1.73. The van der Waals surface area contributed by atoms with Gasteiger partial charge in [-0.25, -0.2) is 14.4 Å². The molecule has 1 fully saturated rings. The van der Waals surface area contributed by atoms with Gasteiger partial charge in [0.25, 0.3) is 0 Å². The number of anilines is 2. The molecule has 5 nitrogen and oxygen atoms in total. The van der Waals surface area contributed by atoms with Crippen molar-refractivity contribution in [1.29, 1.82) is 5.26 Å². The summed E-state index contributed by atoms with van der Waals surface area (Å²) < 4.78 is 13.3. The van der Waals surface area contributed by atoms with E-state index in [0.717, 1.165) is 43.9 Å². The number of aryl methyl sites for hydroxylation is 1. The molecule has 1 aliphatic heterocycles. The maximum Gasteiger partial charge on any atom is 0.132 e. The summed E-state index contributed by atoms with van der Waals surface area (Å²) in [5, 5.41) is 12.6. The molecule has 1 aliphatic rings. The van der Waals surface area contributed by atoms with Crippen molar-refractivity contribution in [1.82, 2.24) is 9.97 Å². The van der Waals surface area contributed by atoms with Gasteiger partial charge in [0, 0.05) is 30.9 Å². The molecule has 124 valence electrons. The molecule has 1 aromatic heterocycles. The third-order valence-corrected chi connectivity index (χ3v) is 4.28. The van der Waals surface area contributed by atoms with Crippen molar-refractivity contribution < 1.29 is 4.39 Å². The molecule has 0 aliphatic carbocycles. The molecule has 6 heteroatoms. The van der Waals surface area contributed by atoms with Crippen LogP contribution in [0.1, 0.15) is 31.0 Å². The van der Waals surface area contributed by atoms with Gasteiger partial charge in [-0.3, -0.25) is 0 Å². The van der Waals surface area contributed by atoms with Crippen LogP contribution in [0.2, 0.25) is 0 Å². The minimum absolute atomic E-state index is 0.191. The maximum atomic E-state index is 13.3. The van der Waals surface area contributed by atoms with Gasteiger partial charge in [0.2, 0.25) is 0 Å². The van der Waals surface area contributed by atoms with Crippen molar-refractivity contribution in [2.75, 3.05) is 23.3 Å². The van der Waals surface area contributed by atoms with Crippen LogP contribution in [0, 0.1) is 17.1 Å². The van der Waals surface area contributed by atoms with Crippen molar-refractivity contribution in [3.8, 4) is 6.07 Å². The highest BCUT2D eigenvalue weighted by Gasteiger charge is 2.22. The normalized spacial score (nSPS) is 17.4. The molecule has 0 spiro atoms. The van der Waals surface area contributed by atoms with Gasteiger partial charge in [0.15, 0.2) is 0 Å². The molecule has 0 saturated carbocycles. The Morgan fingerprint density at radius 1 is 1.38 bits per heavy atom. The van der Waals surface area contributed by atoms with Gasteiger partial charge in [-0.05, 0) is 37.5 Å². The van der Waals surface area contributed by atoms with E-state index in [-0.39, 0.29) is 6.04 Å². The number of hydrogen-bond acceptors (Lipinski definition) is 5. The molecule has 1 aromatic carbocycles. The van der Waals surface area contributed by atoms with Gasteiger partial charge in [0.05, 0.1) is 11.3 Å². The lowest BCUT2D eigenvalue weighted by Gasteiger charge is -2.34. The molecule has 1 saturated heterocycles. The largest absolute Gasteiger partial charge is 0.379 e. The molecular weight excluding hydrogens is 305 g/mol. The van der Waals surface area contributed by atoms with E-state index >= 15 is 0 Å². The zero-order valence-corrected chi connectivity index (χ0v) is 13.7. The summed E-state index contributed by atoms with van der Waals surface area (Å²) in [6, 6.07) is 8.54. The van der Waals surface area contributed by atoms with E-state index in [1.165, 1.54) is 12.1 Å². The van der Waals surface area contributed by atoms with Crippen molar-refractivity contribution in [2.45, 2.75) is 32.2 Å². The summed E-state index contributed by atoms with van der Waals surface area (Å²) in [5.41, 5.74) is 2.05. The van der Waals surface area contributed by atoms with Crippen LogP contribution >= 0.6 is 0 Å². The van der Waals surface area contributed by atoms with Crippen LogP contribution in [0.4, 0.5) is 15.9 Å². The van der Waals surface area contributed by atoms with Crippen LogP contribution < -0.4 is 10.2 Å². The quantitative estimate of drug-likeness (QED) is 0.935. The molecule has 0 bridgehead atoms. The van der Waals surface area contributed by atoms with E-state index in [1.54, 1.807) is 12.4 Å². The predicted molar refractivity (Wildman–Crippen MR) is 91.4 cm³/mol. The zero-order valence-electron chi connectivity index (χ0n) is 13.7. The molecule has 24 heavy (non-hydrogen) atoms. The molecule has 0 amide bonds. The van der Waals surface area contributed by atoms with Crippen molar-refractivity contribution in [3.05, 3.63) is 47.7 Å². The molecule has 1 N–H and O–H groups in total. The zero-order chi connectivity index (χ0) is 16.9. The summed E-state index contributed by atoms with van der Waals surface area (Å²) in [7, 11) is 0. The van der Waals surface area contributed by atoms with Gasteiger partial charge < -0.3 is 10.2 Å². The van der Waals surface area contributed by atoms with E-state index < -0.39 is 5.82 Å². The maximum absolute atomic E-state index is 13.3. The summed E-state index contributed by atoms with van der Waals surface area (Å²) in [6.07, 6.45) is 4.53. The minimum atomic E-state index is -0.393. The van der Waals surface area contributed by atoms with Gasteiger partial charge in [-0.2, -0.15) is 5.26 Å². The number of halogens is 1. The number of aromatic nitrogens is 2. The highest BCUT2D eigenvalue weighted by atomic mass is 19.1. The smallest absolute Gasteiger partial charge is 0.132 e. The van der Waals surface area contributed by atoms with Crippen molar-refractivity contribution >= 4 is 11.5 Å². The SMILES string of the molecule is CCc1cc(N2CCCC(Nc3ccc(F)cc3C#N)C2)ncn1. The Morgan fingerprint density at radius 2 is 2.25 bits per heavy atom. The van der Waals surface area contributed by atoms with E-state index in [4.69, 9.17) is 0 Å². The Hall–Kier alpha value is -2.68. The molecule has 0 radical (unpaired) electrons. The first-order chi connectivity index (χ1) is 11.7. The average molecular weight is 325 g/mol. The van der Waals surface area contributed by atoms with Gasteiger partial charge in [-0.15, -0.1) is 0 Å². The summed E-state index contributed by atoms with van der Waals surface area (Å²) >= 11 is 0. The van der Waals surface area contributed by atoms with Gasteiger partial charge in [-0.1, -0.05) is 6.92 Å². The lowest BCUT2D eigenvalue weighted by Crippen LogP contribution is -2.42. The highest BCUT2D eigenvalue weighted by Crippen LogP contribution is 2.23. The number of nitriles is 1. The topological polar surface area (TPSA) is 64.8 Å². The Labute approximate surface area is 141 Å². The van der Waals surface area contributed by atoms with Crippen molar-refractivity contribution in [3.63, 3.8) is 0 Å². The lowest BCUT2D eigenvalue weighted by molar-refractivity contribution is 0.526. The monoisotopic (exact) mass is 325 g/mol. The summed E-state index contributed by atoms with van der Waals surface area (Å²) in [5.74, 6) is 0.545. The number of nitrogens with zero attached hydrogens (tertiary/aromatic N) is 4. The van der Waals surface area contributed by atoms with E-state index in [2.05, 4.69) is 27.1 Å². The second-order valence-corrected chi connectivity index (χ2v) is 5.95. The first kappa shape index (κ1) is 16.2. The molecule has 1 unspecified atom stereocenters. The minimum Gasteiger partial charge on any atom is -0.379 e. The molecule has 3 rings (SSSR count). The van der Waals surface area contributed by atoms with Crippen LogP contribution in [0.15, 0.2) is 30.6 Å². The van der Waals surface area contributed by atoms with Crippen LogP contribution in [-0.4, -0.2) is 29.1 Å². The lowest BCUT2D eigenvalue weighted by atomic mass is 10.0. The fourth-order valence-corrected chi connectivity index (χ4v) is 3.01. The Morgan fingerprint density at radius 3 is 3.04 bits per heavy atom. The number of piperidine rings is 1. The second kappa shape index (κ2) is 7.26. The van der Waals surface area contributed by atoms with Crippen LogP contribution in [-0.2, 0) is 6.42 Å². The first-order valence-corrected chi connectivity index (χ1v) is 8.21. The number of benzene rings is 1. The second-order valence-electron chi connectivity index (χ2n) is 5.95. The number of rotatable bonds is 4. The van der Waals surface area contributed by atoms with Crippen LogP contribution in [0.3, 0.4) is 0 Å². The molecule has 2 heterocycles. The molecular formula is C18H20FN5. The fourth-order valence-electron chi connectivity index (χ4n) is 3.01. The van der Waals surface area contributed by atoms with Crippen molar-refractivity contribution in [2.24, 2.45) is 0 Å². The van der Waals surface area contributed by atoms with Crippen LogP contribution in [0.25, 0.3) is 0 Å². The predicted octanol–water partition coefficient (Wildman–Crippen LogP) is 3.13. The fraction of sp³-hybridized carbons (Fsp3) is 0.389. The number of nitrogens with one attached hydrogen (secondary N) is 1. The van der Waals surface area contributed by atoms with Crippen LogP contribution in [0.5, 0.6) is 0 Å². The van der Waals surface area contributed by atoms with E-state index in [1.807, 2.05) is 12.1 Å². The number of hydrogen-bond donors (Lipinski definition) is 1. The molecule has 1 atom stereocenters. The van der Waals surface area contributed by atoms with E-state index in [9.17, 15) is 9.65 Å². The first-order valence-electron chi connectivity index (χ1n) is 8.21. The Kier molecular flexibility index (Phi) is 4.90. The van der Waals surface area contributed by atoms with Gasteiger partial charge >= 0.3 is 0 Å². The summed E-state index contributed by atoms with van der Waals surface area (Å²) in [6.45, 7) is 3.82. The summed E-state index contributed by atoms with van der Waals surface area (Å²) in [4.78, 5) is 10.9. The standard InChI is InChI=1S/C18H20FN5/c1-2-15-9-18(22-12-21-15)24-7-3-4-16(11-24)23-17-6-5-14(19)8-13(17)10-20/h5-6,8-9,12,16,23H,2-4,7,11H2,1H3. The third kappa shape index (κ3) is 3.62. The third-order valence-electron chi connectivity index (χ3n) is 4.28. The molecule has 2 aromatic rings. The average Bonchev–Trinajstić information content (AvgIpc) is 2.63. The Bertz CT molecular complexity index is 755. The highest BCUT2D eigenvalue weighted by molar-refractivity contribution is 5.58.